The van der Waals surface area contributed by atoms with E-state index in [0.717, 1.165) is 18.1 Å². The summed E-state index contributed by atoms with van der Waals surface area (Å²) in [4.78, 5) is 2.69. The molecule has 1 heterocycles. The van der Waals surface area contributed by atoms with E-state index >= 15 is 0 Å². The van der Waals surface area contributed by atoms with Gasteiger partial charge in [0.15, 0.2) is 0 Å². The van der Waals surface area contributed by atoms with Gasteiger partial charge >= 0.3 is 0 Å². The first-order valence-electron chi connectivity index (χ1n) is 8.32. The van der Waals surface area contributed by atoms with Crippen molar-refractivity contribution in [2.75, 3.05) is 13.1 Å². The SMILES string of the molecule is CC(C)C1CNC2(CCCC2)CN1Cc1cccc(Cl)c1. The highest BCUT2D eigenvalue weighted by molar-refractivity contribution is 6.30. The minimum Gasteiger partial charge on any atom is -0.308 e. The van der Waals surface area contributed by atoms with Crippen LogP contribution < -0.4 is 5.32 Å². The number of nitrogens with zero attached hydrogens (tertiary/aromatic N) is 1. The van der Waals surface area contributed by atoms with Crippen molar-refractivity contribution in [3.05, 3.63) is 34.9 Å². The Labute approximate surface area is 133 Å². The predicted octanol–water partition coefficient (Wildman–Crippen LogP) is 4.08. The quantitative estimate of drug-likeness (QED) is 0.905. The first kappa shape index (κ1) is 15.3. The van der Waals surface area contributed by atoms with Crippen molar-refractivity contribution in [3.8, 4) is 0 Å². The Kier molecular flexibility index (Phi) is 4.58. The average Bonchev–Trinajstić information content (AvgIpc) is 2.86. The molecule has 3 rings (SSSR count). The van der Waals surface area contributed by atoms with Crippen molar-refractivity contribution in [2.24, 2.45) is 5.92 Å². The molecule has 116 valence electrons. The van der Waals surface area contributed by atoms with Gasteiger partial charge in [0.25, 0.3) is 0 Å². The summed E-state index contributed by atoms with van der Waals surface area (Å²) in [7, 11) is 0. The first-order valence-corrected chi connectivity index (χ1v) is 8.69. The van der Waals surface area contributed by atoms with Gasteiger partial charge in [-0.05, 0) is 36.5 Å². The molecule has 1 unspecified atom stereocenters. The number of halogens is 1. The van der Waals surface area contributed by atoms with Crippen LogP contribution in [0, 0.1) is 5.92 Å². The minimum absolute atomic E-state index is 0.379. The van der Waals surface area contributed by atoms with Crippen LogP contribution in [0.15, 0.2) is 24.3 Å². The van der Waals surface area contributed by atoms with Crippen LogP contribution in [0.4, 0.5) is 0 Å². The molecule has 0 radical (unpaired) electrons. The van der Waals surface area contributed by atoms with Gasteiger partial charge in [0.1, 0.15) is 0 Å². The van der Waals surface area contributed by atoms with Gasteiger partial charge < -0.3 is 5.32 Å². The van der Waals surface area contributed by atoms with Crippen LogP contribution in [0.1, 0.15) is 45.1 Å². The van der Waals surface area contributed by atoms with E-state index in [-0.39, 0.29) is 0 Å². The summed E-state index contributed by atoms with van der Waals surface area (Å²) in [5.41, 5.74) is 1.72. The molecule has 2 aliphatic rings. The number of hydrogen-bond donors (Lipinski definition) is 1. The zero-order valence-electron chi connectivity index (χ0n) is 13.2. The molecule has 1 aromatic rings. The Hall–Kier alpha value is -0.570. The van der Waals surface area contributed by atoms with E-state index in [4.69, 9.17) is 11.6 Å². The van der Waals surface area contributed by atoms with Gasteiger partial charge in [-0.2, -0.15) is 0 Å². The molecule has 1 N–H and O–H groups in total. The molecule has 1 aromatic carbocycles. The molecule has 1 atom stereocenters. The smallest absolute Gasteiger partial charge is 0.0409 e. The third-order valence-electron chi connectivity index (χ3n) is 5.27. The largest absolute Gasteiger partial charge is 0.308 e. The highest BCUT2D eigenvalue weighted by Crippen LogP contribution is 2.35. The molecule has 21 heavy (non-hydrogen) atoms. The van der Waals surface area contributed by atoms with Gasteiger partial charge in [-0.1, -0.05) is 50.4 Å². The second kappa shape index (κ2) is 6.28. The molecule has 0 aromatic heterocycles. The standard InChI is InChI=1S/C18H27ClN2/c1-14(2)17-11-20-18(8-3-4-9-18)13-21(17)12-15-6-5-7-16(19)10-15/h5-7,10,14,17,20H,3-4,8-9,11-13H2,1-2H3. The Morgan fingerprint density at radius 2 is 2.10 bits per heavy atom. The van der Waals surface area contributed by atoms with Crippen molar-refractivity contribution in [1.82, 2.24) is 10.2 Å². The van der Waals surface area contributed by atoms with Gasteiger partial charge in [0.2, 0.25) is 0 Å². The molecule has 1 spiro atoms. The Balaban J connectivity index is 1.77. The van der Waals surface area contributed by atoms with Gasteiger partial charge in [-0.3, -0.25) is 4.90 Å². The molecule has 2 fully saturated rings. The predicted molar refractivity (Wildman–Crippen MR) is 89.7 cm³/mol. The molecule has 1 saturated heterocycles. The second-order valence-corrected chi connectivity index (χ2v) is 7.65. The van der Waals surface area contributed by atoms with E-state index in [9.17, 15) is 0 Å². The summed E-state index contributed by atoms with van der Waals surface area (Å²) < 4.78 is 0. The topological polar surface area (TPSA) is 15.3 Å². The molecular formula is C18H27ClN2. The molecule has 1 aliphatic heterocycles. The number of benzene rings is 1. The summed E-state index contributed by atoms with van der Waals surface area (Å²) in [6.45, 7) is 8.00. The lowest BCUT2D eigenvalue weighted by atomic mass is 9.88. The van der Waals surface area contributed by atoms with Crippen molar-refractivity contribution >= 4 is 11.6 Å². The van der Waals surface area contributed by atoms with Gasteiger partial charge in [0.05, 0.1) is 0 Å². The Morgan fingerprint density at radius 1 is 1.33 bits per heavy atom. The van der Waals surface area contributed by atoms with Crippen LogP contribution >= 0.6 is 11.6 Å². The third-order valence-corrected chi connectivity index (χ3v) is 5.50. The van der Waals surface area contributed by atoms with Crippen LogP contribution in [0.5, 0.6) is 0 Å². The fourth-order valence-corrected chi connectivity index (χ4v) is 4.31. The molecule has 1 aliphatic carbocycles. The lowest BCUT2D eigenvalue weighted by Crippen LogP contribution is -2.63. The van der Waals surface area contributed by atoms with Gasteiger partial charge in [-0.25, -0.2) is 0 Å². The molecular weight excluding hydrogens is 280 g/mol. The molecule has 0 bridgehead atoms. The van der Waals surface area contributed by atoms with E-state index in [2.05, 4.69) is 42.3 Å². The molecule has 1 saturated carbocycles. The lowest BCUT2D eigenvalue weighted by molar-refractivity contribution is 0.0507. The normalized spacial score (nSPS) is 25.8. The second-order valence-electron chi connectivity index (χ2n) is 7.21. The molecule has 0 amide bonds. The van der Waals surface area contributed by atoms with Crippen LogP contribution in [0.2, 0.25) is 5.02 Å². The third kappa shape index (κ3) is 3.44. The maximum atomic E-state index is 6.15. The lowest BCUT2D eigenvalue weighted by Gasteiger charge is -2.48. The van der Waals surface area contributed by atoms with E-state index < -0.39 is 0 Å². The highest BCUT2D eigenvalue weighted by atomic mass is 35.5. The van der Waals surface area contributed by atoms with Crippen LogP contribution in [0.3, 0.4) is 0 Å². The van der Waals surface area contributed by atoms with Crippen LogP contribution in [0.25, 0.3) is 0 Å². The van der Waals surface area contributed by atoms with Crippen molar-refractivity contribution in [1.29, 1.82) is 0 Å². The molecule has 2 nitrogen and oxygen atoms in total. The number of piperazine rings is 1. The maximum Gasteiger partial charge on any atom is 0.0409 e. The Morgan fingerprint density at radius 3 is 2.76 bits per heavy atom. The van der Waals surface area contributed by atoms with E-state index in [1.165, 1.54) is 37.8 Å². The van der Waals surface area contributed by atoms with E-state index in [1.54, 1.807) is 0 Å². The zero-order valence-corrected chi connectivity index (χ0v) is 14.0. The summed E-state index contributed by atoms with van der Waals surface area (Å²) >= 11 is 6.15. The van der Waals surface area contributed by atoms with Crippen LogP contribution in [-0.2, 0) is 6.54 Å². The fourth-order valence-electron chi connectivity index (χ4n) is 4.10. The zero-order chi connectivity index (χ0) is 14.9. The number of hydrogen-bond acceptors (Lipinski definition) is 2. The van der Waals surface area contributed by atoms with Gasteiger partial charge in [-0.15, -0.1) is 0 Å². The number of nitrogens with one attached hydrogen (secondary N) is 1. The first-order chi connectivity index (χ1) is 10.1. The maximum absolute atomic E-state index is 6.15. The Bertz CT molecular complexity index is 480. The van der Waals surface area contributed by atoms with Crippen LogP contribution in [-0.4, -0.2) is 29.6 Å². The van der Waals surface area contributed by atoms with Crippen molar-refractivity contribution in [3.63, 3.8) is 0 Å². The summed E-state index contributed by atoms with van der Waals surface area (Å²) in [5, 5.41) is 4.73. The monoisotopic (exact) mass is 306 g/mol. The fraction of sp³-hybridized carbons (Fsp3) is 0.667. The highest BCUT2D eigenvalue weighted by Gasteiger charge is 2.41. The number of rotatable bonds is 3. The summed E-state index contributed by atoms with van der Waals surface area (Å²) in [6.07, 6.45) is 5.43. The summed E-state index contributed by atoms with van der Waals surface area (Å²) in [6, 6.07) is 8.96. The minimum atomic E-state index is 0.379. The average molecular weight is 307 g/mol. The summed E-state index contributed by atoms with van der Waals surface area (Å²) in [5.74, 6) is 0.676. The van der Waals surface area contributed by atoms with E-state index in [1.807, 2.05) is 6.07 Å². The van der Waals surface area contributed by atoms with Crippen molar-refractivity contribution in [2.45, 2.75) is 57.7 Å². The molecule has 3 heteroatoms. The van der Waals surface area contributed by atoms with Crippen molar-refractivity contribution < 1.29 is 0 Å². The van der Waals surface area contributed by atoms with Gasteiger partial charge in [0, 0.05) is 36.2 Å². The van der Waals surface area contributed by atoms with E-state index in [0.29, 0.717) is 17.5 Å².